The third-order valence-electron chi connectivity index (χ3n) is 2.32. The minimum Gasteiger partial charge on any atom is -0.476 e. The molecule has 0 atom stereocenters. The first-order chi connectivity index (χ1) is 9.36. The molecule has 1 aromatic carbocycles. The van der Waals surface area contributed by atoms with E-state index in [9.17, 15) is 13.2 Å². The standard InChI is InChI=1S/C12H10N2O5S/c1-20(17,18)9-4-2-3-8(7-9)19-11-6-5-10(12(15)16)13-14-11/h2-7H,1H3,(H,15,16). The highest BCUT2D eigenvalue weighted by molar-refractivity contribution is 7.90. The Balaban J connectivity index is 2.24. The van der Waals surface area contributed by atoms with E-state index in [0.29, 0.717) is 0 Å². The molecule has 8 heteroatoms. The van der Waals surface area contributed by atoms with Gasteiger partial charge >= 0.3 is 5.97 Å². The number of hydrogen-bond donors (Lipinski definition) is 1. The van der Waals surface area contributed by atoms with Crippen LogP contribution in [0.3, 0.4) is 0 Å². The van der Waals surface area contributed by atoms with Gasteiger partial charge in [-0.15, -0.1) is 10.2 Å². The molecular weight excluding hydrogens is 284 g/mol. The van der Waals surface area contributed by atoms with Crippen LogP contribution in [0.1, 0.15) is 10.5 Å². The molecule has 0 unspecified atom stereocenters. The summed E-state index contributed by atoms with van der Waals surface area (Å²) >= 11 is 0. The van der Waals surface area contributed by atoms with Gasteiger partial charge in [0, 0.05) is 12.3 Å². The Morgan fingerprint density at radius 1 is 1.20 bits per heavy atom. The van der Waals surface area contributed by atoms with Crippen molar-refractivity contribution in [2.45, 2.75) is 4.90 Å². The molecule has 0 saturated carbocycles. The minimum atomic E-state index is -3.33. The van der Waals surface area contributed by atoms with Crippen LogP contribution >= 0.6 is 0 Å². The molecule has 0 fully saturated rings. The maximum Gasteiger partial charge on any atom is 0.356 e. The van der Waals surface area contributed by atoms with E-state index in [1.165, 1.54) is 30.3 Å². The molecule has 0 bridgehead atoms. The van der Waals surface area contributed by atoms with Crippen LogP contribution in [0.25, 0.3) is 0 Å². The highest BCUT2D eigenvalue weighted by atomic mass is 32.2. The zero-order chi connectivity index (χ0) is 14.8. The first-order valence-corrected chi connectivity index (χ1v) is 7.30. The molecule has 2 rings (SSSR count). The molecule has 1 N–H and O–H groups in total. The Morgan fingerprint density at radius 2 is 1.95 bits per heavy atom. The zero-order valence-corrected chi connectivity index (χ0v) is 11.2. The van der Waals surface area contributed by atoms with E-state index >= 15 is 0 Å². The fourth-order valence-corrected chi connectivity index (χ4v) is 2.03. The Hall–Kier alpha value is -2.48. The predicted molar refractivity (Wildman–Crippen MR) is 68.6 cm³/mol. The van der Waals surface area contributed by atoms with Gasteiger partial charge in [0.25, 0.3) is 0 Å². The van der Waals surface area contributed by atoms with E-state index < -0.39 is 15.8 Å². The number of hydrogen-bond acceptors (Lipinski definition) is 6. The lowest BCUT2D eigenvalue weighted by Crippen LogP contribution is -2.02. The summed E-state index contributed by atoms with van der Waals surface area (Å²) in [4.78, 5) is 10.7. The topological polar surface area (TPSA) is 106 Å². The van der Waals surface area contributed by atoms with Crippen LogP contribution in [0.15, 0.2) is 41.3 Å². The lowest BCUT2D eigenvalue weighted by molar-refractivity contribution is 0.0689. The average Bonchev–Trinajstić information content (AvgIpc) is 2.38. The molecule has 2 aromatic rings. The van der Waals surface area contributed by atoms with Gasteiger partial charge in [0.1, 0.15) is 5.75 Å². The molecule has 7 nitrogen and oxygen atoms in total. The highest BCUT2D eigenvalue weighted by Gasteiger charge is 2.10. The van der Waals surface area contributed by atoms with Gasteiger partial charge in [-0.3, -0.25) is 0 Å². The molecule has 0 amide bonds. The molecule has 104 valence electrons. The van der Waals surface area contributed by atoms with Crippen LogP contribution in [0, 0.1) is 0 Å². The van der Waals surface area contributed by atoms with Gasteiger partial charge in [-0.05, 0) is 24.3 Å². The number of aromatic nitrogens is 2. The van der Waals surface area contributed by atoms with Gasteiger partial charge in [-0.25, -0.2) is 13.2 Å². The second-order valence-corrected chi connectivity index (χ2v) is 5.93. The molecule has 0 spiro atoms. The number of aromatic carboxylic acids is 1. The summed E-state index contributed by atoms with van der Waals surface area (Å²) in [6, 6.07) is 8.46. The third kappa shape index (κ3) is 3.29. The van der Waals surface area contributed by atoms with Gasteiger partial charge in [-0.1, -0.05) is 6.07 Å². The summed E-state index contributed by atoms with van der Waals surface area (Å²) in [5, 5.41) is 15.7. The largest absolute Gasteiger partial charge is 0.476 e. The van der Waals surface area contributed by atoms with Crippen molar-refractivity contribution in [3.63, 3.8) is 0 Å². The quantitative estimate of drug-likeness (QED) is 0.907. The molecule has 1 heterocycles. The Labute approximate surface area is 114 Å². The number of carboxylic acids is 1. The van der Waals surface area contributed by atoms with Crippen LogP contribution in [-0.4, -0.2) is 35.9 Å². The molecule has 0 saturated heterocycles. The second kappa shape index (κ2) is 5.25. The van der Waals surface area contributed by atoms with Crippen LogP contribution in [-0.2, 0) is 9.84 Å². The van der Waals surface area contributed by atoms with Crippen molar-refractivity contribution in [2.75, 3.05) is 6.26 Å². The number of sulfone groups is 1. The summed E-state index contributed by atoms with van der Waals surface area (Å²) in [6.07, 6.45) is 1.09. The molecule has 0 aliphatic carbocycles. The van der Waals surface area contributed by atoms with Gasteiger partial charge in [-0.2, -0.15) is 0 Å². The smallest absolute Gasteiger partial charge is 0.356 e. The molecular formula is C12H10N2O5S. The van der Waals surface area contributed by atoms with Crippen LogP contribution in [0.5, 0.6) is 11.6 Å². The van der Waals surface area contributed by atoms with Crippen LogP contribution in [0.2, 0.25) is 0 Å². The summed E-state index contributed by atoms with van der Waals surface area (Å²) in [5.74, 6) is -0.853. The summed E-state index contributed by atoms with van der Waals surface area (Å²) < 4.78 is 28.1. The van der Waals surface area contributed by atoms with Crippen molar-refractivity contribution in [3.05, 3.63) is 42.1 Å². The number of rotatable bonds is 4. The molecule has 0 aliphatic rings. The summed E-state index contributed by atoms with van der Waals surface area (Å²) in [7, 11) is -3.33. The van der Waals surface area contributed by atoms with Gasteiger partial charge in [0.2, 0.25) is 5.88 Å². The second-order valence-electron chi connectivity index (χ2n) is 3.91. The minimum absolute atomic E-state index is 0.0700. The van der Waals surface area contributed by atoms with Crippen LogP contribution in [0.4, 0.5) is 0 Å². The Bertz CT molecular complexity index is 741. The number of ether oxygens (including phenoxy) is 1. The van der Waals surface area contributed by atoms with E-state index in [1.807, 2.05) is 0 Å². The lowest BCUT2D eigenvalue weighted by Gasteiger charge is -2.05. The fraction of sp³-hybridized carbons (Fsp3) is 0.0833. The van der Waals surface area contributed by atoms with Crippen molar-refractivity contribution in [1.82, 2.24) is 10.2 Å². The van der Waals surface area contributed by atoms with E-state index in [-0.39, 0.29) is 22.2 Å². The monoisotopic (exact) mass is 294 g/mol. The van der Waals surface area contributed by atoms with Crippen molar-refractivity contribution < 1.29 is 23.1 Å². The zero-order valence-electron chi connectivity index (χ0n) is 10.3. The first kappa shape index (κ1) is 13.9. The van der Waals surface area contributed by atoms with E-state index in [2.05, 4.69) is 10.2 Å². The number of carbonyl (C=O) groups is 1. The number of carboxylic acid groups (broad SMARTS) is 1. The summed E-state index contributed by atoms with van der Waals surface area (Å²) in [5.41, 5.74) is -0.206. The third-order valence-corrected chi connectivity index (χ3v) is 3.43. The maximum atomic E-state index is 11.4. The molecule has 0 radical (unpaired) electrons. The lowest BCUT2D eigenvalue weighted by atomic mass is 10.3. The Morgan fingerprint density at radius 3 is 2.50 bits per heavy atom. The molecule has 0 aliphatic heterocycles. The van der Waals surface area contributed by atoms with Crippen LogP contribution < -0.4 is 4.74 Å². The summed E-state index contributed by atoms with van der Waals surface area (Å²) in [6.45, 7) is 0. The Kier molecular flexibility index (Phi) is 3.66. The fourth-order valence-electron chi connectivity index (χ4n) is 1.38. The normalized spacial score (nSPS) is 11.1. The number of benzene rings is 1. The maximum absolute atomic E-state index is 11.4. The molecule has 1 aromatic heterocycles. The van der Waals surface area contributed by atoms with Crippen molar-refractivity contribution >= 4 is 15.8 Å². The average molecular weight is 294 g/mol. The van der Waals surface area contributed by atoms with E-state index in [1.54, 1.807) is 6.07 Å². The highest BCUT2D eigenvalue weighted by Crippen LogP contribution is 2.22. The van der Waals surface area contributed by atoms with Gasteiger partial charge in [0.15, 0.2) is 15.5 Å². The van der Waals surface area contributed by atoms with Crippen molar-refractivity contribution in [2.24, 2.45) is 0 Å². The van der Waals surface area contributed by atoms with Gasteiger partial charge < -0.3 is 9.84 Å². The first-order valence-electron chi connectivity index (χ1n) is 5.41. The van der Waals surface area contributed by atoms with E-state index in [4.69, 9.17) is 9.84 Å². The molecule has 20 heavy (non-hydrogen) atoms. The number of nitrogens with zero attached hydrogens (tertiary/aromatic N) is 2. The van der Waals surface area contributed by atoms with E-state index in [0.717, 1.165) is 6.26 Å². The van der Waals surface area contributed by atoms with Gasteiger partial charge in [0.05, 0.1) is 4.90 Å². The van der Waals surface area contributed by atoms with Crippen molar-refractivity contribution in [1.29, 1.82) is 0 Å². The predicted octanol–water partition coefficient (Wildman–Crippen LogP) is 1.37. The van der Waals surface area contributed by atoms with Crippen molar-refractivity contribution in [3.8, 4) is 11.6 Å². The SMILES string of the molecule is CS(=O)(=O)c1cccc(Oc2ccc(C(=O)O)nn2)c1.